The molecule has 2 aromatic heterocycles. The molecule has 1 saturated heterocycles. The lowest BCUT2D eigenvalue weighted by Gasteiger charge is -2.36. The highest BCUT2D eigenvalue weighted by atomic mass is 32.1. The SMILES string of the molecule is Cc1nc(CCNC(=O)C2(n3cccn3)CCNCC2)sc1C. The van der Waals surface area contributed by atoms with Crippen molar-refractivity contribution >= 4 is 17.2 Å². The van der Waals surface area contributed by atoms with Crippen LogP contribution in [0.5, 0.6) is 0 Å². The van der Waals surface area contributed by atoms with E-state index in [9.17, 15) is 4.79 Å². The van der Waals surface area contributed by atoms with E-state index in [1.807, 2.05) is 23.9 Å². The number of aryl methyl sites for hydroxylation is 2. The van der Waals surface area contributed by atoms with Gasteiger partial charge in [-0.1, -0.05) is 0 Å². The van der Waals surface area contributed by atoms with Gasteiger partial charge in [0.1, 0.15) is 5.54 Å². The minimum Gasteiger partial charge on any atom is -0.354 e. The standard InChI is InChI=1S/C16H23N5OS/c1-12-13(2)23-14(20-12)4-8-18-15(22)16(5-9-17-10-6-16)21-11-3-7-19-21/h3,7,11,17H,4-6,8-10H2,1-2H3,(H,18,22). The topological polar surface area (TPSA) is 71.8 Å². The molecular formula is C16H23N5OS. The Morgan fingerprint density at radius 3 is 2.83 bits per heavy atom. The first-order valence-corrected chi connectivity index (χ1v) is 8.85. The lowest BCUT2D eigenvalue weighted by atomic mass is 9.87. The van der Waals surface area contributed by atoms with Crippen LogP contribution in [-0.2, 0) is 16.8 Å². The van der Waals surface area contributed by atoms with E-state index in [0.717, 1.165) is 43.1 Å². The zero-order chi connectivity index (χ0) is 16.3. The molecule has 0 saturated carbocycles. The fraction of sp³-hybridized carbons (Fsp3) is 0.562. The largest absolute Gasteiger partial charge is 0.354 e. The van der Waals surface area contributed by atoms with E-state index >= 15 is 0 Å². The molecule has 0 radical (unpaired) electrons. The van der Waals surface area contributed by atoms with Gasteiger partial charge in [0.25, 0.3) is 0 Å². The normalized spacial score (nSPS) is 17.1. The molecule has 0 aliphatic carbocycles. The Balaban J connectivity index is 1.65. The van der Waals surface area contributed by atoms with E-state index in [4.69, 9.17) is 0 Å². The Morgan fingerprint density at radius 1 is 1.43 bits per heavy atom. The van der Waals surface area contributed by atoms with Crippen LogP contribution in [0.4, 0.5) is 0 Å². The quantitative estimate of drug-likeness (QED) is 0.867. The number of carbonyl (C=O) groups is 1. The molecule has 0 aromatic carbocycles. The summed E-state index contributed by atoms with van der Waals surface area (Å²) in [5.41, 5.74) is 0.520. The molecule has 0 spiro atoms. The molecule has 0 atom stereocenters. The Morgan fingerprint density at radius 2 is 2.22 bits per heavy atom. The molecular weight excluding hydrogens is 310 g/mol. The Hall–Kier alpha value is -1.73. The lowest BCUT2D eigenvalue weighted by Crippen LogP contribution is -2.54. The summed E-state index contributed by atoms with van der Waals surface area (Å²) in [6.45, 7) is 6.38. The molecule has 2 aromatic rings. The number of hydrogen-bond donors (Lipinski definition) is 2. The molecule has 3 rings (SSSR count). The maximum atomic E-state index is 12.9. The summed E-state index contributed by atoms with van der Waals surface area (Å²) in [6, 6.07) is 1.87. The number of aromatic nitrogens is 3. The Labute approximate surface area is 140 Å². The van der Waals surface area contributed by atoms with Crippen LogP contribution >= 0.6 is 11.3 Å². The zero-order valence-corrected chi connectivity index (χ0v) is 14.4. The molecule has 124 valence electrons. The van der Waals surface area contributed by atoms with Crippen LogP contribution < -0.4 is 10.6 Å². The van der Waals surface area contributed by atoms with E-state index in [0.29, 0.717) is 6.54 Å². The fourth-order valence-electron chi connectivity index (χ4n) is 3.02. The van der Waals surface area contributed by atoms with Gasteiger partial charge in [-0.3, -0.25) is 9.48 Å². The van der Waals surface area contributed by atoms with Crippen molar-refractivity contribution in [1.82, 2.24) is 25.4 Å². The number of rotatable bonds is 5. The molecule has 23 heavy (non-hydrogen) atoms. The van der Waals surface area contributed by atoms with Crippen molar-refractivity contribution in [3.8, 4) is 0 Å². The predicted octanol–water partition coefficient (Wildman–Crippen LogP) is 1.39. The summed E-state index contributed by atoms with van der Waals surface area (Å²) >= 11 is 1.71. The number of nitrogens with zero attached hydrogens (tertiary/aromatic N) is 3. The molecule has 1 aliphatic heterocycles. The van der Waals surface area contributed by atoms with E-state index in [1.165, 1.54) is 4.88 Å². The molecule has 3 heterocycles. The van der Waals surface area contributed by atoms with Crippen LogP contribution in [-0.4, -0.2) is 40.3 Å². The maximum absolute atomic E-state index is 12.9. The molecule has 1 fully saturated rings. The van der Waals surface area contributed by atoms with Crippen molar-refractivity contribution in [1.29, 1.82) is 0 Å². The van der Waals surface area contributed by atoms with Gasteiger partial charge >= 0.3 is 0 Å². The molecule has 7 heteroatoms. The summed E-state index contributed by atoms with van der Waals surface area (Å²) in [5, 5.41) is 11.8. The average Bonchev–Trinajstić information content (AvgIpc) is 3.19. The third-order valence-corrected chi connectivity index (χ3v) is 5.63. The molecule has 6 nitrogen and oxygen atoms in total. The van der Waals surface area contributed by atoms with Gasteiger partial charge in [-0.05, 0) is 45.8 Å². The average molecular weight is 333 g/mol. The number of thiazole rings is 1. The molecule has 0 unspecified atom stereocenters. The number of hydrogen-bond acceptors (Lipinski definition) is 5. The van der Waals surface area contributed by atoms with Crippen molar-refractivity contribution in [2.45, 2.75) is 38.6 Å². The number of carbonyl (C=O) groups excluding carboxylic acids is 1. The molecule has 0 bridgehead atoms. The summed E-state index contributed by atoms with van der Waals surface area (Å²) in [6.07, 6.45) is 5.92. The second-order valence-electron chi connectivity index (χ2n) is 5.99. The van der Waals surface area contributed by atoms with Gasteiger partial charge in [0.2, 0.25) is 5.91 Å². The first-order valence-electron chi connectivity index (χ1n) is 8.04. The Kier molecular flexibility index (Phi) is 4.77. The maximum Gasteiger partial charge on any atom is 0.248 e. The van der Waals surface area contributed by atoms with Crippen LogP contribution in [0.2, 0.25) is 0 Å². The summed E-state index contributed by atoms with van der Waals surface area (Å²) in [4.78, 5) is 18.6. The Bertz CT molecular complexity index is 639. The smallest absolute Gasteiger partial charge is 0.248 e. The summed E-state index contributed by atoms with van der Waals surface area (Å²) in [7, 11) is 0. The molecule has 1 amide bonds. The highest BCUT2D eigenvalue weighted by Gasteiger charge is 2.41. The number of amides is 1. The first-order chi connectivity index (χ1) is 11.1. The van der Waals surface area contributed by atoms with Gasteiger partial charge in [-0.2, -0.15) is 5.10 Å². The van der Waals surface area contributed by atoms with Gasteiger partial charge in [0, 0.05) is 30.2 Å². The fourth-order valence-corrected chi connectivity index (χ4v) is 3.95. The van der Waals surface area contributed by atoms with Gasteiger partial charge in [0.05, 0.1) is 10.7 Å². The zero-order valence-electron chi connectivity index (χ0n) is 13.6. The van der Waals surface area contributed by atoms with E-state index < -0.39 is 5.54 Å². The third-order valence-electron chi connectivity index (χ3n) is 4.49. The van der Waals surface area contributed by atoms with Gasteiger partial charge < -0.3 is 10.6 Å². The number of nitrogens with one attached hydrogen (secondary N) is 2. The second-order valence-corrected chi connectivity index (χ2v) is 7.28. The van der Waals surface area contributed by atoms with Crippen molar-refractivity contribution in [2.75, 3.05) is 19.6 Å². The summed E-state index contributed by atoms with van der Waals surface area (Å²) < 4.78 is 1.82. The second kappa shape index (κ2) is 6.80. The first kappa shape index (κ1) is 16.1. The minimum atomic E-state index is -0.566. The van der Waals surface area contributed by atoms with Crippen LogP contribution in [0.3, 0.4) is 0 Å². The summed E-state index contributed by atoms with van der Waals surface area (Å²) in [5.74, 6) is 0.0627. The van der Waals surface area contributed by atoms with Gasteiger partial charge in [-0.15, -0.1) is 11.3 Å². The third kappa shape index (κ3) is 3.30. The van der Waals surface area contributed by atoms with E-state index in [1.54, 1.807) is 17.5 Å². The van der Waals surface area contributed by atoms with Crippen molar-refractivity contribution in [3.05, 3.63) is 34.0 Å². The van der Waals surface area contributed by atoms with Crippen LogP contribution in [0, 0.1) is 13.8 Å². The van der Waals surface area contributed by atoms with Crippen LogP contribution in [0.1, 0.15) is 28.4 Å². The van der Waals surface area contributed by atoms with E-state index in [2.05, 4.69) is 27.6 Å². The minimum absolute atomic E-state index is 0.0627. The highest BCUT2D eigenvalue weighted by Crippen LogP contribution is 2.27. The van der Waals surface area contributed by atoms with Crippen LogP contribution in [0.25, 0.3) is 0 Å². The lowest BCUT2D eigenvalue weighted by molar-refractivity contribution is -0.131. The van der Waals surface area contributed by atoms with Crippen molar-refractivity contribution in [3.63, 3.8) is 0 Å². The van der Waals surface area contributed by atoms with Gasteiger partial charge in [-0.25, -0.2) is 4.98 Å². The van der Waals surface area contributed by atoms with Crippen LogP contribution in [0.15, 0.2) is 18.5 Å². The van der Waals surface area contributed by atoms with E-state index in [-0.39, 0.29) is 5.91 Å². The van der Waals surface area contributed by atoms with Crippen molar-refractivity contribution < 1.29 is 4.79 Å². The number of piperidine rings is 1. The van der Waals surface area contributed by atoms with Crippen molar-refractivity contribution in [2.24, 2.45) is 0 Å². The molecule has 2 N–H and O–H groups in total. The highest BCUT2D eigenvalue weighted by molar-refractivity contribution is 7.11. The van der Waals surface area contributed by atoms with Gasteiger partial charge in [0.15, 0.2) is 0 Å². The predicted molar refractivity (Wildman–Crippen MR) is 90.6 cm³/mol. The monoisotopic (exact) mass is 333 g/mol. The molecule has 1 aliphatic rings.